The molecule has 0 aliphatic rings. The number of carbonyl (C=O) groups excluding carboxylic acids is 1. The van der Waals surface area contributed by atoms with E-state index in [-0.39, 0.29) is 11.9 Å². The minimum atomic E-state index is -0.0813. The molecule has 0 aliphatic heterocycles. The van der Waals surface area contributed by atoms with E-state index >= 15 is 0 Å². The fourth-order valence-electron chi connectivity index (χ4n) is 0.918. The maximum Gasteiger partial charge on any atom is 0.254 e. The maximum atomic E-state index is 11.4. The van der Waals surface area contributed by atoms with Gasteiger partial charge in [0.05, 0.1) is 11.8 Å². The van der Waals surface area contributed by atoms with Gasteiger partial charge in [-0.3, -0.25) is 9.89 Å². The SMILES string of the molecule is CC(CCBr)NC(=O)c1cn[nH]c1. The van der Waals surface area contributed by atoms with Crippen LogP contribution in [0.3, 0.4) is 0 Å². The summed E-state index contributed by atoms with van der Waals surface area (Å²) in [6.07, 6.45) is 4.01. The van der Waals surface area contributed by atoms with Gasteiger partial charge in [-0.25, -0.2) is 0 Å². The first-order valence-corrected chi connectivity index (χ1v) is 5.21. The van der Waals surface area contributed by atoms with Gasteiger partial charge in [-0.15, -0.1) is 0 Å². The molecule has 0 bridgehead atoms. The number of aromatic amines is 1. The molecule has 0 fully saturated rings. The zero-order valence-corrected chi connectivity index (χ0v) is 8.97. The molecule has 0 radical (unpaired) electrons. The number of aromatic nitrogens is 2. The predicted octanol–water partition coefficient (Wildman–Crippen LogP) is 1.31. The summed E-state index contributed by atoms with van der Waals surface area (Å²) in [5.74, 6) is -0.0813. The minimum absolute atomic E-state index is 0.0813. The van der Waals surface area contributed by atoms with Gasteiger partial charge in [0.15, 0.2) is 0 Å². The number of rotatable bonds is 4. The van der Waals surface area contributed by atoms with Crippen molar-refractivity contribution in [2.75, 3.05) is 5.33 Å². The molecule has 0 aromatic carbocycles. The Morgan fingerprint density at radius 2 is 2.62 bits per heavy atom. The molecule has 1 rings (SSSR count). The monoisotopic (exact) mass is 245 g/mol. The molecule has 0 saturated carbocycles. The Morgan fingerprint density at radius 3 is 3.15 bits per heavy atom. The average molecular weight is 246 g/mol. The number of carbonyl (C=O) groups is 1. The third kappa shape index (κ3) is 3.18. The van der Waals surface area contributed by atoms with Crippen molar-refractivity contribution in [1.29, 1.82) is 0 Å². The van der Waals surface area contributed by atoms with Crippen LogP contribution in [-0.4, -0.2) is 27.5 Å². The molecule has 0 saturated heterocycles. The number of hydrogen-bond donors (Lipinski definition) is 2. The summed E-state index contributed by atoms with van der Waals surface area (Å²) >= 11 is 3.32. The zero-order chi connectivity index (χ0) is 9.68. The van der Waals surface area contributed by atoms with E-state index in [1.165, 1.54) is 6.20 Å². The Balaban J connectivity index is 2.42. The third-order valence-corrected chi connectivity index (χ3v) is 2.14. The van der Waals surface area contributed by atoms with E-state index in [1.54, 1.807) is 6.20 Å². The van der Waals surface area contributed by atoms with Gasteiger partial charge in [0.1, 0.15) is 0 Å². The maximum absolute atomic E-state index is 11.4. The molecular weight excluding hydrogens is 234 g/mol. The first-order valence-electron chi connectivity index (χ1n) is 4.09. The van der Waals surface area contributed by atoms with Crippen molar-refractivity contribution < 1.29 is 4.79 Å². The van der Waals surface area contributed by atoms with Crippen LogP contribution < -0.4 is 5.32 Å². The Kier molecular flexibility index (Phi) is 3.95. The number of nitrogens with zero attached hydrogens (tertiary/aromatic N) is 1. The molecule has 1 unspecified atom stereocenters. The standard InChI is InChI=1S/C8H12BrN3O/c1-6(2-3-9)12-8(13)7-4-10-11-5-7/h4-6H,2-3H2,1H3,(H,10,11)(H,12,13). The van der Waals surface area contributed by atoms with Crippen LogP contribution in [0.4, 0.5) is 0 Å². The van der Waals surface area contributed by atoms with Gasteiger partial charge in [0, 0.05) is 17.6 Å². The largest absolute Gasteiger partial charge is 0.349 e. The number of amides is 1. The molecule has 0 aliphatic carbocycles. The van der Waals surface area contributed by atoms with E-state index < -0.39 is 0 Å². The third-order valence-electron chi connectivity index (χ3n) is 1.68. The quantitative estimate of drug-likeness (QED) is 0.787. The lowest BCUT2D eigenvalue weighted by Crippen LogP contribution is -2.32. The summed E-state index contributed by atoms with van der Waals surface area (Å²) in [6.45, 7) is 1.97. The Bertz CT molecular complexity index is 260. The summed E-state index contributed by atoms with van der Waals surface area (Å²) in [4.78, 5) is 11.4. The second-order valence-corrected chi connectivity index (χ2v) is 3.63. The van der Waals surface area contributed by atoms with E-state index in [9.17, 15) is 4.79 Å². The van der Waals surface area contributed by atoms with Crippen molar-refractivity contribution in [3.63, 3.8) is 0 Å². The summed E-state index contributed by atoms with van der Waals surface area (Å²) in [5.41, 5.74) is 0.571. The first kappa shape index (κ1) is 10.2. The number of hydrogen-bond acceptors (Lipinski definition) is 2. The lowest BCUT2D eigenvalue weighted by atomic mass is 10.2. The van der Waals surface area contributed by atoms with Crippen molar-refractivity contribution >= 4 is 21.8 Å². The van der Waals surface area contributed by atoms with Gasteiger partial charge in [-0.2, -0.15) is 5.10 Å². The fraction of sp³-hybridized carbons (Fsp3) is 0.500. The van der Waals surface area contributed by atoms with E-state index in [0.717, 1.165) is 11.8 Å². The number of alkyl halides is 1. The van der Waals surface area contributed by atoms with Gasteiger partial charge in [0.2, 0.25) is 0 Å². The van der Waals surface area contributed by atoms with E-state index in [2.05, 4.69) is 31.4 Å². The van der Waals surface area contributed by atoms with Gasteiger partial charge in [0.25, 0.3) is 5.91 Å². The molecule has 0 spiro atoms. The number of H-pyrrole nitrogens is 1. The topological polar surface area (TPSA) is 57.8 Å². The summed E-state index contributed by atoms with van der Waals surface area (Å²) in [6, 6.07) is 0.182. The number of halogens is 1. The normalized spacial score (nSPS) is 12.5. The lowest BCUT2D eigenvalue weighted by molar-refractivity contribution is 0.0939. The van der Waals surface area contributed by atoms with Crippen LogP contribution in [0.2, 0.25) is 0 Å². The van der Waals surface area contributed by atoms with Gasteiger partial charge in [-0.05, 0) is 13.3 Å². The molecular formula is C8H12BrN3O. The highest BCUT2D eigenvalue weighted by Gasteiger charge is 2.09. The highest BCUT2D eigenvalue weighted by molar-refractivity contribution is 9.09. The van der Waals surface area contributed by atoms with Crippen LogP contribution >= 0.6 is 15.9 Å². The molecule has 4 nitrogen and oxygen atoms in total. The van der Waals surface area contributed by atoms with Gasteiger partial charge in [-0.1, -0.05) is 15.9 Å². The van der Waals surface area contributed by atoms with Crippen molar-refractivity contribution in [1.82, 2.24) is 15.5 Å². The van der Waals surface area contributed by atoms with Gasteiger partial charge < -0.3 is 5.32 Å². The summed E-state index contributed by atoms with van der Waals surface area (Å²) < 4.78 is 0. The number of nitrogens with one attached hydrogen (secondary N) is 2. The second kappa shape index (κ2) is 5.01. The Morgan fingerprint density at radius 1 is 1.85 bits per heavy atom. The van der Waals surface area contributed by atoms with Crippen LogP contribution in [0.15, 0.2) is 12.4 Å². The van der Waals surface area contributed by atoms with Crippen molar-refractivity contribution in [2.24, 2.45) is 0 Å². The summed E-state index contributed by atoms with van der Waals surface area (Å²) in [5, 5.41) is 10.0. The van der Waals surface area contributed by atoms with E-state index in [4.69, 9.17) is 0 Å². The first-order chi connectivity index (χ1) is 6.24. The predicted molar refractivity (Wildman–Crippen MR) is 53.9 cm³/mol. The molecule has 1 aromatic heterocycles. The van der Waals surface area contributed by atoms with Crippen LogP contribution in [-0.2, 0) is 0 Å². The molecule has 1 aromatic rings. The molecule has 1 atom stereocenters. The minimum Gasteiger partial charge on any atom is -0.349 e. The van der Waals surface area contributed by atoms with Crippen LogP contribution in [0.1, 0.15) is 23.7 Å². The summed E-state index contributed by atoms with van der Waals surface area (Å²) in [7, 11) is 0. The Labute approximate surface area is 85.2 Å². The van der Waals surface area contributed by atoms with Crippen molar-refractivity contribution in [2.45, 2.75) is 19.4 Å². The van der Waals surface area contributed by atoms with Crippen LogP contribution in [0, 0.1) is 0 Å². The average Bonchev–Trinajstić information content (AvgIpc) is 2.55. The van der Waals surface area contributed by atoms with Gasteiger partial charge >= 0.3 is 0 Å². The fourth-order valence-corrected chi connectivity index (χ4v) is 1.60. The Hall–Kier alpha value is -0.840. The zero-order valence-electron chi connectivity index (χ0n) is 7.38. The molecule has 1 amide bonds. The van der Waals surface area contributed by atoms with Crippen molar-refractivity contribution in [3.8, 4) is 0 Å². The molecule has 1 heterocycles. The van der Waals surface area contributed by atoms with Crippen LogP contribution in [0.5, 0.6) is 0 Å². The highest BCUT2D eigenvalue weighted by Crippen LogP contribution is 1.98. The van der Waals surface area contributed by atoms with Crippen molar-refractivity contribution in [3.05, 3.63) is 18.0 Å². The molecule has 2 N–H and O–H groups in total. The van der Waals surface area contributed by atoms with E-state index in [1.807, 2.05) is 6.92 Å². The highest BCUT2D eigenvalue weighted by atomic mass is 79.9. The molecule has 5 heteroatoms. The smallest absolute Gasteiger partial charge is 0.254 e. The van der Waals surface area contributed by atoms with Crippen LogP contribution in [0.25, 0.3) is 0 Å². The second-order valence-electron chi connectivity index (χ2n) is 2.84. The molecule has 13 heavy (non-hydrogen) atoms. The lowest BCUT2D eigenvalue weighted by Gasteiger charge is -2.10. The van der Waals surface area contributed by atoms with E-state index in [0.29, 0.717) is 5.56 Å². The molecule has 72 valence electrons.